The zero-order chi connectivity index (χ0) is 74.2. The largest absolute Gasteiger partial charge is 0.458 e. The number of ether oxygens (including phenoxy) is 3. The average Bonchev–Trinajstić information content (AvgIpc) is 0.829. The Morgan fingerprint density at radius 3 is 1.51 bits per heavy atom. The first-order valence-electron chi connectivity index (χ1n) is 38.5. The standard InChI is InChI=1S/C101H78B2N4O3/c1-99(2,3)67-40-46-86-76(56-67)77-57-68(100(4,5)6)41-47-87(77)106(86)70-43-45-81-92(59-70)109-93-55-66(75-60-94-97-98(95(75)74-32-16-19-33-78(74)101(7,8)9)110-90-38-23-20-34-80(90)103(97)82-53-63(39-48-91(82)108-94)83-35-24-25-49-104-83)54-89-96(93)102(81)79-44-42-69(105-84-36-21-17-30-72(84)73-31-18-22-37-85(73)105)58-88(79)107(89)71-51-64(61-26-12-10-13-27-61)50-65(52-71)62-28-14-11-15-29-62/h10-60H,1-9H3. The van der Waals surface area contributed by atoms with Crippen LogP contribution in [0.15, 0.2) is 310 Å². The molecule has 3 aromatic heterocycles. The average molecular weight is 1420 g/mol. The van der Waals surface area contributed by atoms with Crippen molar-refractivity contribution >= 4 is 107 Å². The van der Waals surface area contributed by atoms with Gasteiger partial charge in [-0.05, 0) is 226 Å². The van der Waals surface area contributed by atoms with Gasteiger partial charge in [-0.15, -0.1) is 0 Å². The van der Waals surface area contributed by atoms with Crippen LogP contribution in [0.3, 0.4) is 0 Å². The monoisotopic (exact) mass is 1420 g/mol. The number of anilines is 3. The normalized spacial score (nSPS) is 13.3. The van der Waals surface area contributed by atoms with Gasteiger partial charge in [0.05, 0.1) is 27.8 Å². The van der Waals surface area contributed by atoms with E-state index in [9.17, 15) is 0 Å². The van der Waals surface area contributed by atoms with Crippen molar-refractivity contribution in [1.82, 2.24) is 14.1 Å². The molecule has 14 aromatic carbocycles. The highest BCUT2D eigenvalue weighted by molar-refractivity contribution is 6.99. The Bertz CT molecular complexity index is 6530. The number of para-hydroxylation sites is 3. The van der Waals surface area contributed by atoms with Crippen LogP contribution in [0.4, 0.5) is 17.1 Å². The molecule has 0 amide bonds. The van der Waals surface area contributed by atoms with Gasteiger partial charge < -0.3 is 28.2 Å². The minimum Gasteiger partial charge on any atom is -0.458 e. The van der Waals surface area contributed by atoms with Crippen LogP contribution in [-0.2, 0) is 16.2 Å². The predicted octanol–water partition coefficient (Wildman–Crippen LogP) is 22.6. The molecular weight excluding hydrogens is 1340 g/mol. The summed E-state index contributed by atoms with van der Waals surface area (Å²) in [6.45, 7) is 20.3. The maximum absolute atomic E-state index is 7.99. The summed E-state index contributed by atoms with van der Waals surface area (Å²) in [5.74, 6) is 4.66. The molecule has 17 aromatic rings. The van der Waals surface area contributed by atoms with Crippen molar-refractivity contribution in [2.75, 3.05) is 4.90 Å². The molecule has 4 aliphatic heterocycles. The summed E-state index contributed by atoms with van der Waals surface area (Å²) in [6, 6.07) is 112. The van der Waals surface area contributed by atoms with E-state index in [-0.39, 0.29) is 29.7 Å². The summed E-state index contributed by atoms with van der Waals surface area (Å²) in [6.07, 6.45) is 1.86. The molecular formula is C101H78B2N4O3. The SMILES string of the molecule is CC(C)(C)c1ccc2c(c1)c1cc(C(C)(C)C)ccc1n2-c1ccc2c(c1)Oc1cc(-c3cc4c5c(c3-c3ccccc3C(C)(C)C)Oc3ccccc3B5c3cc(-c5ccccn5)ccc3O4)cc3c1B2c1ccc(-n2c4ccccc4c4ccccc42)cc1N3c1cc(-c2ccccc2)cc(-c2ccccc2)c1. The highest BCUT2D eigenvalue weighted by Gasteiger charge is 2.46. The highest BCUT2D eigenvalue weighted by atomic mass is 16.5. The van der Waals surface area contributed by atoms with Crippen molar-refractivity contribution in [3.05, 3.63) is 326 Å². The van der Waals surface area contributed by atoms with Gasteiger partial charge in [0.25, 0.3) is 13.4 Å². The molecule has 4 aliphatic rings. The van der Waals surface area contributed by atoms with Crippen LogP contribution in [0.25, 0.3) is 111 Å². The van der Waals surface area contributed by atoms with Gasteiger partial charge in [0.1, 0.15) is 34.5 Å². The number of fused-ring (bicyclic) bond motifs is 14. The van der Waals surface area contributed by atoms with Crippen molar-refractivity contribution in [3.63, 3.8) is 0 Å². The summed E-state index contributed by atoms with van der Waals surface area (Å²) in [4.78, 5) is 7.41. The van der Waals surface area contributed by atoms with Gasteiger partial charge in [-0.2, -0.15) is 0 Å². The lowest BCUT2D eigenvalue weighted by molar-refractivity contribution is 0.466. The second kappa shape index (κ2) is 24.3. The van der Waals surface area contributed by atoms with E-state index in [2.05, 4.69) is 374 Å². The number of aromatic nitrogens is 3. The topological polar surface area (TPSA) is 53.7 Å². The third-order valence-corrected chi connectivity index (χ3v) is 23.6. The quantitative estimate of drug-likeness (QED) is 0.142. The maximum atomic E-state index is 7.99. The first-order valence-corrected chi connectivity index (χ1v) is 38.5. The second-order valence-electron chi connectivity index (χ2n) is 33.4. The molecule has 110 heavy (non-hydrogen) atoms. The van der Waals surface area contributed by atoms with Crippen LogP contribution in [0.1, 0.15) is 79.0 Å². The van der Waals surface area contributed by atoms with Crippen molar-refractivity contribution in [1.29, 1.82) is 0 Å². The summed E-state index contributed by atoms with van der Waals surface area (Å²) < 4.78 is 28.1. The van der Waals surface area contributed by atoms with E-state index in [1.165, 1.54) is 38.2 Å². The number of hydrogen-bond donors (Lipinski definition) is 0. The summed E-state index contributed by atoms with van der Waals surface area (Å²) in [5, 5.41) is 4.88. The summed E-state index contributed by atoms with van der Waals surface area (Å²) >= 11 is 0. The lowest BCUT2D eigenvalue weighted by atomic mass is 9.34. The van der Waals surface area contributed by atoms with Crippen LogP contribution < -0.4 is 51.9 Å². The molecule has 526 valence electrons. The molecule has 0 spiro atoms. The van der Waals surface area contributed by atoms with Crippen molar-refractivity contribution < 1.29 is 14.2 Å². The van der Waals surface area contributed by atoms with Gasteiger partial charge in [-0.3, -0.25) is 4.98 Å². The summed E-state index contributed by atoms with van der Waals surface area (Å²) in [5.41, 5.74) is 29.9. The molecule has 0 N–H and O–H groups in total. The van der Waals surface area contributed by atoms with Gasteiger partial charge in [-0.1, -0.05) is 238 Å². The van der Waals surface area contributed by atoms with E-state index < -0.39 is 0 Å². The molecule has 0 atom stereocenters. The van der Waals surface area contributed by atoms with E-state index in [1.54, 1.807) is 0 Å². The van der Waals surface area contributed by atoms with Crippen LogP contribution in [0.2, 0.25) is 0 Å². The zero-order valence-electron chi connectivity index (χ0n) is 63.1. The minimum atomic E-state index is -0.294. The van der Waals surface area contributed by atoms with Gasteiger partial charge in [0, 0.05) is 73.3 Å². The first-order chi connectivity index (χ1) is 53.4. The molecule has 0 aliphatic carbocycles. The number of rotatable bonds is 8. The molecule has 9 heteroatoms. The summed E-state index contributed by atoms with van der Waals surface area (Å²) in [7, 11) is 0. The van der Waals surface area contributed by atoms with Crippen LogP contribution in [0, 0.1) is 0 Å². The van der Waals surface area contributed by atoms with Gasteiger partial charge in [0.2, 0.25) is 0 Å². The van der Waals surface area contributed by atoms with E-state index in [0.29, 0.717) is 0 Å². The minimum absolute atomic E-state index is 0.0580. The molecule has 0 saturated carbocycles. The smallest absolute Gasteiger partial charge is 0.260 e. The molecule has 0 unspecified atom stereocenters. The first kappa shape index (κ1) is 65.5. The second-order valence-corrected chi connectivity index (χ2v) is 33.4. The Morgan fingerprint density at radius 1 is 0.300 bits per heavy atom. The molecule has 0 saturated heterocycles. The number of benzene rings is 14. The third kappa shape index (κ3) is 10.3. The molecule has 0 radical (unpaired) electrons. The Labute approximate surface area is 642 Å². The fraction of sp³-hybridized carbons (Fsp3) is 0.119. The van der Waals surface area contributed by atoms with E-state index in [1.807, 2.05) is 12.3 Å². The zero-order valence-corrected chi connectivity index (χ0v) is 63.1. The predicted molar refractivity (Wildman–Crippen MR) is 460 cm³/mol. The fourth-order valence-corrected chi connectivity index (χ4v) is 18.2. The Kier molecular flexibility index (Phi) is 14.5. The Hall–Kier alpha value is -12.8. The van der Waals surface area contributed by atoms with Gasteiger partial charge in [-0.25, -0.2) is 0 Å². The maximum Gasteiger partial charge on any atom is 0.260 e. The molecule has 7 nitrogen and oxygen atoms in total. The molecule has 7 heterocycles. The fourth-order valence-electron chi connectivity index (χ4n) is 18.2. The number of hydrogen-bond acceptors (Lipinski definition) is 5. The number of nitrogens with zero attached hydrogens (tertiary/aromatic N) is 4. The van der Waals surface area contributed by atoms with Crippen LogP contribution in [0.5, 0.6) is 34.5 Å². The van der Waals surface area contributed by atoms with Crippen LogP contribution in [-0.4, -0.2) is 27.5 Å². The lowest BCUT2D eigenvalue weighted by Gasteiger charge is -2.41. The van der Waals surface area contributed by atoms with Crippen molar-refractivity contribution in [3.8, 4) is 102 Å². The Morgan fingerprint density at radius 2 is 0.855 bits per heavy atom. The Balaban J connectivity index is 0.873. The highest BCUT2D eigenvalue weighted by Crippen LogP contribution is 2.53. The number of pyridine rings is 1. The van der Waals surface area contributed by atoms with E-state index in [0.717, 1.165) is 174 Å². The molecule has 0 fully saturated rings. The van der Waals surface area contributed by atoms with E-state index >= 15 is 0 Å². The molecule has 0 bridgehead atoms. The van der Waals surface area contributed by atoms with Crippen LogP contribution >= 0.6 is 0 Å². The lowest BCUT2D eigenvalue weighted by Crippen LogP contribution is -2.59. The van der Waals surface area contributed by atoms with Crippen molar-refractivity contribution in [2.24, 2.45) is 0 Å². The van der Waals surface area contributed by atoms with Gasteiger partial charge >= 0.3 is 0 Å². The van der Waals surface area contributed by atoms with E-state index in [4.69, 9.17) is 19.2 Å². The molecule has 21 rings (SSSR count). The van der Waals surface area contributed by atoms with Crippen molar-refractivity contribution in [2.45, 2.75) is 78.6 Å². The van der Waals surface area contributed by atoms with Gasteiger partial charge in [0.15, 0.2) is 0 Å². The third-order valence-electron chi connectivity index (χ3n) is 23.6.